The van der Waals surface area contributed by atoms with Gasteiger partial charge in [-0.2, -0.15) is 0 Å². The predicted octanol–water partition coefficient (Wildman–Crippen LogP) is 5.93. The molecule has 28 heavy (non-hydrogen) atoms. The molecule has 1 unspecified atom stereocenters. The highest BCUT2D eigenvalue weighted by Crippen LogP contribution is 2.38. The van der Waals surface area contributed by atoms with Crippen molar-refractivity contribution in [2.45, 2.75) is 39.2 Å². The van der Waals surface area contributed by atoms with Crippen LogP contribution in [0, 0.1) is 13.8 Å². The van der Waals surface area contributed by atoms with Gasteiger partial charge >= 0.3 is 0 Å². The summed E-state index contributed by atoms with van der Waals surface area (Å²) in [6.07, 6.45) is 6.08. The number of amides is 1. The molecule has 1 aliphatic heterocycles. The summed E-state index contributed by atoms with van der Waals surface area (Å²) in [4.78, 5) is 18.3. The summed E-state index contributed by atoms with van der Waals surface area (Å²) < 4.78 is 0. The van der Waals surface area contributed by atoms with Crippen molar-refractivity contribution >= 4 is 40.3 Å². The van der Waals surface area contributed by atoms with Crippen molar-refractivity contribution in [3.05, 3.63) is 64.3 Å². The molecule has 1 amide bonds. The lowest BCUT2D eigenvalue weighted by molar-refractivity contribution is -0.121. The Labute approximate surface area is 170 Å². The van der Waals surface area contributed by atoms with Gasteiger partial charge in [0.1, 0.15) is 5.82 Å². The SMILES string of the molecule is Cc1ccc(Cl)cc1Nc1ncc(C2CCCCN2C=O)c2c(C)cccc12. The molecule has 1 saturated heterocycles. The van der Waals surface area contributed by atoms with Crippen molar-refractivity contribution < 1.29 is 4.79 Å². The predicted molar refractivity (Wildman–Crippen MR) is 115 cm³/mol. The first-order chi connectivity index (χ1) is 13.6. The van der Waals surface area contributed by atoms with Gasteiger partial charge in [0.25, 0.3) is 0 Å². The number of pyridine rings is 1. The molecule has 4 rings (SSSR count). The number of fused-ring (bicyclic) bond motifs is 1. The van der Waals surface area contributed by atoms with Gasteiger partial charge in [0.05, 0.1) is 6.04 Å². The van der Waals surface area contributed by atoms with Gasteiger partial charge in [0.2, 0.25) is 6.41 Å². The molecule has 2 aromatic carbocycles. The molecule has 0 radical (unpaired) electrons. The van der Waals surface area contributed by atoms with E-state index >= 15 is 0 Å². The summed E-state index contributed by atoms with van der Waals surface area (Å²) in [5, 5.41) is 6.39. The van der Waals surface area contributed by atoms with Crippen LogP contribution in [-0.4, -0.2) is 22.8 Å². The molecule has 0 bridgehead atoms. The summed E-state index contributed by atoms with van der Waals surface area (Å²) >= 11 is 6.19. The highest BCUT2D eigenvalue weighted by atomic mass is 35.5. The zero-order chi connectivity index (χ0) is 19.7. The van der Waals surface area contributed by atoms with E-state index in [1.807, 2.05) is 36.2 Å². The highest BCUT2D eigenvalue weighted by Gasteiger charge is 2.25. The minimum absolute atomic E-state index is 0.0873. The Morgan fingerprint density at radius 3 is 2.86 bits per heavy atom. The molecule has 0 spiro atoms. The summed E-state index contributed by atoms with van der Waals surface area (Å²) in [6, 6.07) is 12.2. The minimum atomic E-state index is 0.0873. The normalized spacial score (nSPS) is 17.0. The summed E-state index contributed by atoms with van der Waals surface area (Å²) in [5.74, 6) is 0.807. The molecule has 1 aromatic heterocycles. The maximum atomic E-state index is 11.6. The van der Waals surface area contributed by atoms with Gasteiger partial charge in [0.15, 0.2) is 0 Å². The second-order valence-corrected chi connectivity index (χ2v) is 7.94. The van der Waals surface area contributed by atoms with Gasteiger partial charge in [-0.25, -0.2) is 4.98 Å². The van der Waals surface area contributed by atoms with E-state index < -0.39 is 0 Å². The molecule has 0 saturated carbocycles. The van der Waals surface area contributed by atoms with Crippen LogP contribution >= 0.6 is 11.6 Å². The van der Waals surface area contributed by atoms with Crippen molar-refractivity contribution in [1.82, 2.24) is 9.88 Å². The lowest BCUT2D eigenvalue weighted by atomic mass is 9.91. The van der Waals surface area contributed by atoms with Gasteiger partial charge in [-0.3, -0.25) is 4.79 Å². The monoisotopic (exact) mass is 393 g/mol. The molecule has 1 N–H and O–H groups in total. The molecule has 0 aliphatic carbocycles. The average Bonchev–Trinajstić information content (AvgIpc) is 2.71. The van der Waals surface area contributed by atoms with Crippen LogP contribution in [0.2, 0.25) is 5.02 Å². The van der Waals surface area contributed by atoms with E-state index in [-0.39, 0.29) is 6.04 Å². The van der Waals surface area contributed by atoms with Crippen molar-refractivity contribution in [3.8, 4) is 0 Å². The molecule has 5 heteroatoms. The number of aryl methyl sites for hydroxylation is 2. The minimum Gasteiger partial charge on any atom is -0.339 e. The molecule has 1 fully saturated rings. The van der Waals surface area contributed by atoms with Crippen molar-refractivity contribution in [3.63, 3.8) is 0 Å². The maximum absolute atomic E-state index is 11.6. The zero-order valence-corrected chi connectivity index (χ0v) is 17.0. The molecule has 1 aliphatic rings. The first-order valence-corrected chi connectivity index (χ1v) is 10.1. The van der Waals surface area contributed by atoms with Crippen LogP contribution in [0.15, 0.2) is 42.6 Å². The van der Waals surface area contributed by atoms with Gasteiger partial charge in [-0.05, 0) is 61.8 Å². The van der Waals surface area contributed by atoms with E-state index in [0.29, 0.717) is 5.02 Å². The number of anilines is 2. The van der Waals surface area contributed by atoms with Crippen molar-refractivity contribution in [1.29, 1.82) is 0 Å². The van der Waals surface area contributed by atoms with E-state index in [4.69, 9.17) is 16.6 Å². The van der Waals surface area contributed by atoms with Crippen LogP contribution in [0.1, 0.15) is 42.0 Å². The Kier molecular flexibility index (Phi) is 5.23. The third-order valence-electron chi connectivity index (χ3n) is 5.64. The molecular formula is C23H24ClN3O. The van der Waals surface area contributed by atoms with Gasteiger partial charge in [-0.1, -0.05) is 35.9 Å². The molecule has 2 heterocycles. The summed E-state index contributed by atoms with van der Waals surface area (Å²) in [5.41, 5.74) is 4.38. The first-order valence-electron chi connectivity index (χ1n) is 9.71. The molecule has 1 atom stereocenters. The molecular weight excluding hydrogens is 370 g/mol. The zero-order valence-electron chi connectivity index (χ0n) is 16.2. The number of rotatable bonds is 4. The van der Waals surface area contributed by atoms with Gasteiger partial charge in [0, 0.05) is 34.4 Å². The largest absolute Gasteiger partial charge is 0.339 e. The number of carbonyl (C=O) groups excluding carboxylic acids is 1. The number of carbonyl (C=O) groups is 1. The number of benzene rings is 2. The molecule has 144 valence electrons. The summed E-state index contributed by atoms with van der Waals surface area (Å²) in [7, 11) is 0. The van der Waals surface area contributed by atoms with Crippen LogP contribution < -0.4 is 5.32 Å². The van der Waals surface area contributed by atoms with E-state index in [1.54, 1.807) is 0 Å². The Morgan fingerprint density at radius 2 is 2.04 bits per heavy atom. The molecule has 3 aromatic rings. The van der Waals surface area contributed by atoms with E-state index in [2.05, 4.69) is 30.4 Å². The Balaban J connectivity index is 1.84. The lowest BCUT2D eigenvalue weighted by Crippen LogP contribution is -2.32. The Bertz CT molecular complexity index is 1030. The van der Waals surface area contributed by atoms with Gasteiger partial charge < -0.3 is 10.2 Å². The second-order valence-electron chi connectivity index (χ2n) is 7.50. The number of hydrogen-bond acceptors (Lipinski definition) is 3. The topological polar surface area (TPSA) is 45.2 Å². The van der Waals surface area contributed by atoms with E-state index in [0.717, 1.165) is 60.2 Å². The number of nitrogens with zero attached hydrogens (tertiary/aromatic N) is 2. The third kappa shape index (κ3) is 3.45. The third-order valence-corrected chi connectivity index (χ3v) is 5.88. The fourth-order valence-electron chi connectivity index (χ4n) is 4.14. The van der Waals surface area contributed by atoms with E-state index in [1.165, 1.54) is 10.9 Å². The average molecular weight is 394 g/mol. The first kappa shape index (κ1) is 18.8. The standard InChI is InChI=1S/C23H24ClN3O/c1-15-9-10-17(24)12-20(15)26-23-18-7-5-6-16(2)22(18)19(13-25-23)21-8-3-4-11-27(21)14-28/h5-7,9-10,12-14,21H,3-4,8,11H2,1-2H3,(H,25,26). The van der Waals surface area contributed by atoms with Crippen LogP contribution in [0.25, 0.3) is 10.8 Å². The second kappa shape index (κ2) is 7.80. The number of hydrogen-bond donors (Lipinski definition) is 1. The molecule has 4 nitrogen and oxygen atoms in total. The van der Waals surface area contributed by atoms with Crippen LogP contribution in [0.3, 0.4) is 0 Å². The quantitative estimate of drug-likeness (QED) is 0.558. The number of aromatic nitrogens is 1. The van der Waals surface area contributed by atoms with Crippen molar-refractivity contribution in [2.24, 2.45) is 0 Å². The van der Waals surface area contributed by atoms with Crippen molar-refractivity contribution in [2.75, 3.05) is 11.9 Å². The number of likely N-dealkylation sites (tertiary alicyclic amines) is 1. The fourth-order valence-corrected chi connectivity index (χ4v) is 4.31. The lowest BCUT2D eigenvalue weighted by Gasteiger charge is -2.34. The van der Waals surface area contributed by atoms with E-state index in [9.17, 15) is 4.79 Å². The maximum Gasteiger partial charge on any atom is 0.210 e. The van der Waals surface area contributed by atoms with Crippen LogP contribution in [0.5, 0.6) is 0 Å². The Morgan fingerprint density at radius 1 is 1.18 bits per heavy atom. The fraction of sp³-hybridized carbons (Fsp3) is 0.304. The number of halogens is 1. The summed E-state index contributed by atoms with van der Waals surface area (Å²) in [6.45, 7) is 4.97. The highest BCUT2D eigenvalue weighted by molar-refractivity contribution is 6.30. The van der Waals surface area contributed by atoms with Gasteiger partial charge in [-0.15, -0.1) is 0 Å². The van der Waals surface area contributed by atoms with Crippen LogP contribution in [-0.2, 0) is 4.79 Å². The van der Waals surface area contributed by atoms with Crippen LogP contribution in [0.4, 0.5) is 11.5 Å². The Hall–Kier alpha value is -2.59. The smallest absolute Gasteiger partial charge is 0.210 e. The number of nitrogens with one attached hydrogen (secondary N) is 1. The number of piperidine rings is 1.